The summed E-state index contributed by atoms with van der Waals surface area (Å²) < 4.78 is 13.9. The second-order valence-corrected chi connectivity index (χ2v) is 5.92. The molecule has 19 heavy (non-hydrogen) atoms. The molecule has 0 radical (unpaired) electrons. The fourth-order valence-corrected chi connectivity index (χ4v) is 2.44. The molecule has 0 saturated carbocycles. The summed E-state index contributed by atoms with van der Waals surface area (Å²) in [5.74, 6) is -0.196. The van der Waals surface area contributed by atoms with Gasteiger partial charge in [-0.3, -0.25) is 4.90 Å². The van der Waals surface area contributed by atoms with Crippen molar-refractivity contribution in [2.75, 3.05) is 46.3 Å². The predicted octanol–water partition coefficient (Wildman–Crippen LogP) is 1.93. The van der Waals surface area contributed by atoms with E-state index in [4.69, 9.17) is 0 Å². The average Bonchev–Trinajstić information content (AvgIpc) is 2.41. The van der Waals surface area contributed by atoms with Gasteiger partial charge in [-0.05, 0) is 40.7 Å². The zero-order valence-corrected chi connectivity index (χ0v) is 12.9. The van der Waals surface area contributed by atoms with Crippen molar-refractivity contribution in [1.82, 2.24) is 15.1 Å². The van der Waals surface area contributed by atoms with Gasteiger partial charge in [0.25, 0.3) is 0 Å². The van der Waals surface area contributed by atoms with E-state index in [-0.39, 0.29) is 5.82 Å². The van der Waals surface area contributed by atoms with Gasteiger partial charge in [-0.1, -0.05) is 6.07 Å². The van der Waals surface area contributed by atoms with Crippen molar-refractivity contribution in [3.05, 3.63) is 34.1 Å². The number of hydrogen-bond donors (Lipinski definition) is 1. The molecule has 0 aromatic heterocycles. The minimum absolute atomic E-state index is 0.196. The molecule has 0 bridgehead atoms. The second-order valence-electron chi connectivity index (χ2n) is 5.07. The molecule has 1 N–H and O–H groups in total. The van der Waals surface area contributed by atoms with Crippen LogP contribution in [0.25, 0.3) is 0 Å². The summed E-state index contributed by atoms with van der Waals surface area (Å²) in [7, 11) is 2.16. The number of rotatable bonds is 5. The van der Waals surface area contributed by atoms with E-state index in [9.17, 15) is 4.39 Å². The van der Waals surface area contributed by atoms with Gasteiger partial charge in [0.1, 0.15) is 5.82 Å². The van der Waals surface area contributed by atoms with Gasteiger partial charge in [0.15, 0.2) is 0 Å². The van der Waals surface area contributed by atoms with Crippen molar-refractivity contribution < 1.29 is 4.39 Å². The van der Waals surface area contributed by atoms with Crippen LogP contribution in [0, 0.1) is 5.82 Å². The summed E-state index contributed by atoms with van der Waals surface area (Å²) >= 11 is 3.16. The largest absolute Gasteiger partial charge is 0.311 e. The summed E-state index contributed by atoms with van der Waals surface area (Å²) in [5.41, 5.74) is 0.985. The topological polar surface area (TPSA) is 18.5 Å². The lowest BCUT2D eigenvalue weighted by atomic mass is 10.2. The molecular formula is C14H21BrFN3. The Bertz CT molecular complexity index is 406. The molecule has 0 aliphatic carbocycles. The van der Waals surface area contributed by atoms with Gasteiger partial charge in [0, 0.05) is 45.8 Å². The van der Waals surface area contributed by atoms with E-state index in [0.717, 1.165) is 51.4 Å². The maximum Gasteiger partial charge on any atom is 0.137 e. The Morgan fingerprint density at radius 1 is 1.26 bits per heavy atom. The third-order valence-corrected chi connectivity index (χ3v) is 4.16. The Kier molecular flexibility index (Phi) is 5.76. The number of piperazine rings is 1. The van der Waals surface area contributed by atoms with E-state index in [0.29, 0.717) is 4.47 Å². The third-order valence-electron chi connectivity index (χ3n) is 3.51. The van der Waals surface area contributed by atoms with Crippen molar-refractivity contribution >= 4 is 15.9 Å². The molecular weight excluding hydrogens is 309 g/mol. The quantitative estimate of drug-likeness (QED) is 0.833. The first-order chi connectivity index (χ1) is 9.15. The Morgan fingerprint density at radius 3 is 2.68 bits per heavy atom. The van der Waals surface area contributed by atoms with Crippen LogP contribution in [0.2, 0.25) is 0 Å². The van der Waals surface area contributed by atoms with Crippen LogP contribution < -0.4 is 5.32 Å². The van der Waals surface area contributed by atoms with Crippen LogP contribution in [0.3, 0.4) is 0 Å². The van der Waals surface area contributed by atoms with Crippen molar-refractivity contribution in [2.45, 2.75) is 6.54 Å². The number of hydrogen-bond acceptors (Lipinski definition) is 3. The third kappa shape index (κ3) is 4.84. The summed E-state index contributed by atoms with van der Waals surface area (Å²) in [6.07, 6.45) is 0. The minimum Gasteiger partial charge on any atom is -0.311 e. The standard InChI is InChI=1S/C14H21BrFN3/c1-18-6-8-19(9-7-18)5-4-17-11-12-2-3-13(15)14(16)10-12/h2-3,10,17H,4-9,11H2,1H3. The molecule has 5 heteroatoms. The Morgan fingerprint density at radius 2 is 2.00 bits per heavy atom. The van der Waals surface area contributed by atoms with Gasteiger partial charge in [0.2, 0.25) is 0 Å². The molecule has 2 rings (SSSR count). The van der Waals surface area contributed by atoms with Crippen LogP contribution in [-0.4, -0.2) is 56.1 Å². The minimum atomic E-state index is -0.196. The Labute approximate surface area is 122 Å². The van der Waals surface area contributed by atoms with Gasteiger partial charge in [-0.25, -0.2) is 4.39 Å². The van der Waals surface area contributed by atoms with Gasteiger partial charge in [0.05, 0.1) is 4.47 Å². The second kappa shape index (κ2) is 7.33. The maximum atomic E-state index is 13.3. The number of halogens is 2. The molecule has 1 aromatic carbocycles. The van der Waals surface area contributed by atoms with Gasteiger partial charge >= 0.3 is 0 Å². The first-order valence-electron chi connectivity index (χ1n) is 6.71. The number of nitrogens with zero attached hydrogens (tertiary/aromatic N) is 2. The molecule has 3 nitrogen and oxygen atoms in total. The molecule has 106 valence electrons. The highest BCUT2D eigenvalue weighted by Gasteiger charge is 2.12. The zero-order valence-electron chi connectivity index (χ0n) is 11.3. The fourth-order valence-electron chi connectivity index (χ4n) is 2.19. The molecule has 0 atom stereocenters. The van der Waals surface area contributed by atoms with E-state index >= 15 is 0 Å². The van der Waals surface area contributed by atoms with Crippen LogP contribution in [0.4, 0.5) is 4.39 Å². The molecule has 0 spiro atoms. The SMILES string of the molecule is CN1CCN(CCNCc2ccc(Br)c(F)c2)CC1. The fraction of sp³-hybridized carbons (Fsp3) is 0.571. The van der Waals surface area contributed by atoms with E-state index in [1.807, 2.05) is 6.07 Å². The number of benzene rings is 1. The first-order valence-corrected chi connectivity index (χ1v) is 7.50. The Hall–Kier alpha value is -0.490. The monoisotopic (exact) mass is 329 g/mol. The lowest BCUT2D eigenvalue weighted by molar-refractivity contribution is 0.154. The summed E-state index contributed by atoms with van der Waals surface area (Å²) in [6, 6.07) is 5.27. The highest BCUT2D eigenvalue weighted by Crippen LogP contribution is 2.16. The summed E-state index contributed by atoms with van der Waals surface area (Å²) in [5, 5.41) is 3.37. The zero-order chi connectivity index (χ0) is 13.7. The van der Waals surface area contributed by atoms with E-state index < -0.39 is 0 Å². The summed E-state index contributed by atoms with van der Waals surface area (Å²) in [6.45, 7) is 7.32. The number of likely N-dealkylation sites (N-methyl/N-ethyl adjacent to an activating group) is 1. The summed E-state index contributed by atoms with van der Waals surface area (Å²) in [4.78, 5) is 4.82. The lowest BCUT2D eigenvalue weighted by Gasteiger charge is -2.32. The van der Waals surface area contributed by atoms with Crippen molar-refractivity contribution in [3.63, 3.8) is 0 Å². The average molecular weight is 330 g/mol. The van der Waals surface area contributed by atoms with E-state index in [1.54, 1.807) is 12.1 Å². The first kappa shape index (κ1) is 14.9. The molecule has 1 saturated heterocycles. The van der Waals surface area contributed by atoms with Gasteiger partial charge < -0.3 is 10.2 Å². The highest BCUT2D eigenvalue weighted by atomic mass is 79.9. The number of nitrogens with one attached hydrogen (secondary N) is 1. The van der Waals surface area contributed by atoms with Crippen LogP contribution >= 0.6 is 15.9 Å². The molecule has 1 fully saturated rings. The predicted molar refractivity (Wildman–Crippen MR) is 79.7 cm³/mol. The van der Waals surface area contributed by atoms with Crippen LogP contribution in [-0.2, 0) is 6.54 Å². The molecule has 1 aromatic rings. The van der Waals surface area contributed by atoms with Gasteiger partial charge in [-0.2, -0.15) is 0 Å². The van der Waals surface area contributed by atoms with E-state index in [1.165, 1.54) is 0 Å². The van der Waals surface area contributed by atoms with Crippen LogP contribution in [0.5, 0.6) is 0 Å². The van der Waals surface area contributed by atoms with Crippen molar-refractivity contribution in [3.8, 4) is 0 Å². The molecule has 1 aliphatic rings. The molecule has 1 aliphatic heterocycles. The smallest absolute Gasteiger partial charge is 0.137 e. The van der Waals surface area contributed by atoms with Crippen LogP contribution in [0.15, 0.2) is 22.7 Å². The lowest BCUT2D eigenvalue weighted by Crippen LogP contribution is -2.46. The van der Waals surface area contributed by atoms with Gasteiger partial charge in [-0.15, -0.1) is 0 Å². The highest BCUT2D eigenvalue weighted by molar-refractivity contribution is 9.10. The van der Waals surface area contributed by atoms with Crippen molar-refractivity contribution in [2.24, 2.45) is 0 Å². The Balaban J connectivity index is 1.65. The van der Waals surface area contributed by atoms with Crippen LogP contribution in [0.1, 0.15) is 5.56 Å². The van der Waals surface area contributed by atoms with Crippen molar-refractivity contribution in [1.29, 1.82) is 0 Å². The van der Waals surface area contributed by atoms with E-state index in [2.05, 4.69) is 38.1 Å². The normalized spacial score (nSPS) is 17.8. The maximum absolute atomic E-state index is 13.3. The molecule has 0 amide bonds. The molecule has 0 unspecified atom stereocenters. The molecule has 1 heterocycles.